The lowest BCUT2D eigenvalue weighted by Gasteiger charge is -2.26. The monoisotopic (exact) mass is 662 g/mol. The van der Waals surface area contributed by atoms with Crippen molar-refractivity contribution in [3.05, 3.63) is 167 Å². The molecule has 5 heteroatoms. The Morgan fingerprint density at radius 1 is 0.540 bits per heavy atom. The van der Waals surface area contributed by atoms with E-state index in [9.17, 15) is 10.2 Å². The Balaban J connectivity index is 1.42. The molecular formula is C45H48N3O2+. The van der Waals surface area contributed by atoms with Crippen molar-refractivity contribution in [3.63, 3.8) is 0 Å². The van der Waals surface area contributed by atoms with Crippen LogP contribution in [-0.4, -0.2) is 42.2 Å². The van der Waals surface area contributed by atoms with Crippen molar-refractivity contribution >= 4 is 28.5 Å². The fourth-order valence-electron chi connectivity index (χ4n) is 8.21. The van der Waals surface area contributed by atoms with E-state index in [1.54, 1.807) is 0 Å². The molecule has 0 bridgehead atoms. The molecule has 1 fully saturated rings. The second-order valence-corrected chi connectivity index (χ2v) is 14.4. The maximum absolute atomic E-state index is 10.1. The fraction of sp³-hybridized carbons (Fsp3) is 0.267. The average Bonchev–Trinajstić information content (AvgIpc) is 3.69. The van der Waals surface area contributed by atoms with E-state index in [0.29, 0.717) is 13.1 Å². The predicted molar refractivity (Wildman–Crippen MR) is 209 cm³/mol. The highest BCUT2D eigenvalue weighted by Gasteiger charge is 2.41. The van der Waals surface area contributed by atoms with Gasteiger partial charge in [0.05, 0.1) is 13.2 Å². The number of aliphatic hydroxyl groups is 2. The normalized spacial score (nSPS) is 20.7. The minimum atomic E-state index is -0.206. The summed E-state index contributed by atoms with van der Waals surface area (Å²) < 4.78 is 2.40. The summed E-state index contributed by atoms with van der Waals surface area (Å²) in [5.74, 6) is 0. The quantitative estimate of drug-likeness (QED) is 0.185. The molecule has 254 valence electrons. The van der Waals surface area contributed by atoms with E-state index in [4.69, 9.17) is 0 Å². The van der Waals surface area contributed by atoms with Gasteiger partial charge in [-0.3, -0.25) is 0 Å². The molecule has 0 atom stereocenters. The fourth-order valence-corrected chi connectivity index (χ4v) is 8.21. The van der Waals surface area contributed by atoms with Crippen LogP contribution in [0.1, 0.15) is 51.7 Å². The van der Waals surface area contributed by atoms with Crippen LogP contribution in [0, 0.1) is 0 Å². The minimum Gasteiger partial charge on any atom is -0.395 e. The zero-order valence-electron chi connectivity index (χ0n) is 29.7. The highest BCUT2D eigenvalue weighted by atomic mass is 16.3. The van der Waals surface area contributed by atoms with E-state index >= 15 is 0 Å². The van der Waals surface area contributed by atoms with Crippen LogP contribution in [0.5, 0.6) is 0 Å². The smallest absolute Gasteiger partial charge is 0.218 e. The van der Waals surface area contributed by atoms with Crippen molar-refractivity contribution < 1.29 is 10.2 Å². The Bertz CT molecular complexity index is 1890. The molecule has 0 amide bonds. The van der Waals surface area contributed by atoms with Crippen LogP contribution in [0.3, 0.4) is 0 Å². The van der Waals surface area contributed by atoms with Crippen molar-refractivity contribution in [2.75, 3.05) is 36.1 Å². The van der Waals surface area contributed by atoms with Gasteiger partial charge >= 0.3 is 0 Å². The second kappa shape index (κ2) is 13.7. The molecule has 5 nitrogen and oxygen atoms in total. The molecule has 1 saturated carbocycles. The molecule has 2 aliphatic heterocycles. The maximum Gasteiger partial charge on any atom is 0.218 e. The van der Waals surface area contributed by atoms with Crippen LogP contribution in [0.2, 0.25) is 0 Å². The number of anilines is 2. The van der Waals surface area contributed by atoms with E-state index < -0.39 is 0 Å². The summed E-state index contributed by atoms with van der Waals surface area (Å²) in [5, 5.41) is 20.2. The zero-order chi connectivity index (χ0) is 34.9. The molecule has 0 radical (unpaired) electrons. The van der Waals surface area contributed by atoms with Crippen LogP contribution in [0.15, 0.2) is 156 Å². The molecule has 7 rings (SSSR count). The molecular weight excluding hydrogens is 615 g/mol. The van der Waals surface area contributed by atoms with Gasteiger partial charge in [-0.05, 0) is 48.3 Å². The molecule has 0 saturated heterocycles. The number of fused-ring (bicyclic) bond motifs is 2. The molecule has 0 unspecified atom stereocenters. The first-order valence-corrected chi connectivity index (χ1v) is 17.8. The van der Waals surface area contributed by atoms with Crippen LogP contribution in [-0.2, 0) is 10.8 Å². The topological polar surface area (TPSA) is 50.0 Å². The molecule has 1 aliphatic carbocycles. The summed E-state index contributed by atoms with van der Waals surface area (Å²) in [5.41, 5.74) is 12.8. The zero-order valence-corrected chi connectivity index (χ0v) is 29.7. The number of benzene rings is 4. The van der Waals surface area contributed by atoms with Crippen molar-refractivity contribution in [2.24, 2.45) is 0 Å². The maximum atomic E-state index is 10.1. The molecule has 3 aliphatic rings. The molecule has 50 heavy (non-hydrogen) atoms. The van der Waals surface area contributed by atoms with Gasteiger partial charge in [0, 0.05) is 82.1 Å². The van der Waals surface area contributed by atoms with E-state index in [0.717, 1.165) is 24.2 Å². The number of para-hydroxylation sites is 4. The van der Waals surface area contributed by atoms with E-state index in [-0.39, 0.29) is 24.0 Å². The molecule has 4 aromatic carbocycles. The first-order chi connectivity index (χ1) is 24.3. The van der Waals surface area contributed by atoms with E-state index in [1.807, 2.05) is 0 Å². The van der Waals surface area contributed by atoms with E-state index in [2.05, 4.69) is 176 Å². The number of hydrogen-bond acceptors (Lipinski definition) is 4. The molecule has 2 heterocycles. The van der Waals surface area contributed by atoms with Crippen LogP contribution >= 0.6 is 0 Å². The summed E-state index contributed by atoms with van der Waals surface area (Å²) in [6.07, 6.45) is 11.0. The molecule has 0 aromatic heterocycles. The third-order valence-corrected chi connectivity index (χ3v) is 10.7. The Morgan fingerprint density at radius 2 is 0.920 bits per heavy atom. The molecule has 2 N–H and O–H groups in total. The number of allylic oxidation sites excluding steroid dienone is 8. The second-order valence-electron chi connectivity index (χ2n) is 14.4. The largest absolute Gasteiger partial charge is 0.395 e. The summed E-state index contributed by atoms with van der Waals surface area (Å²) in [4.78, 5) is 4.56. The lowest BCUT2D eigenvalue weighted by molar-refractivity contribution is 0.303. The lowest BCUT2D eigenvalue weighted by Crippen LogP contribution is -2.28. The SMILES string of the molecule is CC1(C)C(=CC=C2CC/C(=C\C=C3\N(CCO)c4ccccc4C3(C)C)C2=[N+](c2ccccc2)c2ccccc2)N(CCO)c2ccccc21. The number of β-amino-alcohol motifs (C(OH)–C–C–N with tert-alkyl or cyclic N) is 2. The number of nitrogens with zero attached hydrogens (tertiary/aromatic N) is 3. The van der Waals surface area contributed by atoms with Gasteiger partial charge in [-0.2, -0.15) is 4.58 Å². The third kappa shape index (κ3) is 5.85. The first-order valence-electron chi connectivity index (χ1n) is 17.8. The standard InChI is InChI=1S/C45H48N3O2/c1-44(2)37-19-11-13-21-39(37)46(29-31-49)41(44)27-25-33-23-24-34(43(33)48(35-15-7-5-8-16-35)36-17-9-6-10-18-36)26-28-42-45(3,4)38-20-12-14-22-40(38)47(42)30-32-50/h5-22,25-28,49-50H,23-24,29-32H2,1-4H3/q+1. The number of aliphatic hydroxyl groups excluding tert-OH is 2. The van der Waals surface area contributed by atoms with Crippen molar-refractivity contribution in [1.82, 2.24) is 4.58 Å². The Kier molecular flexibility index (Phi) is 9.21. The number of hydrogen-bond donors (Lipinski definition) is 2. The van der Waals surface area contributed by atoms with Gasteiger partial charge in [-0.15, -0.1) is 0 Å². The van der Waals surface area contributed by atoms with Crippen LogP contribution in [0.25, 0.3) is 0 Å². The molecule has 4 aromatic rings. The van der Waals surface area contributed by atoms with Gasteiger partial charge in [0.15, 0.2) is 0 Å². The van der Waals surface area contributed by atoms with Crippen molar-refractivity contribution in [3.8, 4) is 0 Å². The summed E-state index contributed by atoms with van der Waals surface area (Å²) in [6, 6.07) is 38.4. The van der Waals surface area contributed by atoms with Gasteiger partial charge in [0.2, 0.25) is 17.1 Å². The Morgan fingerprint density at radius 3 is 1.32 bits per heavy atom. The third-order valence-electron chi connectivity index (χ3n) is 10.7. The first kappa shape index (κ1) is 33.5. The van der Waals surface area contributed by atoms with Gasteiger partial charge in [-0.1, -0.05) is 113 Å². The highest BCUT2D eigenvalue weighted by molar-refractivity contribution is 6.17. The van der Waals surface area contributed by atoms with E-state index in [1.165, 1.54) is 50.8 Å². The van der Waals surface area contributed by atoms with Gasteiger partial charge < -0.3 is 20.0 Å². The summed E-state index contributed by atoms with van der Waals surface area (Å²) in [6.45, 7) is 10.4. The highest BCUT2D eigenvalue weighted by Crippen LogP contribution is 2.49. The van der Waals surface area contributed by atoms with Crippen molar-refractivity contribution in [2.45, 2.75) is 51.4 Å². The van der Waals surface area contributed by atoms with Crippen LogP contribution < -0.4 is 14.4 Å². The Hall–Kier alpha value is -4.97. The van der Waals surface area contributed by atoms with Gasteiger partial charge in [0.25, 0.3) is 0 Å². The van der Waals surface area contributed by atoms with Gasteiger partial charge in [0.1, 0.15) is 0 Å². The predicted octanol–water partition coefficient (Wildman–Crippen LogP) is 8.96. The van der Waals surface area contributed by atoms with Gasteiger partial charge in [-0.25, -0.2) is 0 Å². The van der Waals surface area contributed by atoms with Crippen LogP contribution in [0.4, 0.5) is 22.7 Å². The number of rotatable bonds is 8. The minimum absolute atomic E-state index is 0.0839. The average molecular weight is 663 g/mol. The summed E-state index contributed by atoms with van der Waals surface area (Å²) >= 11 is 0. The lowest BCUT2D eigenvalue weighted by atomic mass is 9.83. The molecule has 0 spiro atoms. The summed E-state index contributed by atoms with van der Waals surface area (Å²) in [7, 11) is 0. The Labute approximate surface area is 297 Å². The van der Waals surface area contributed by atoms with Crippen molar-refractivity contribution in [1.29, 1.82) is 0 Å².